The highest BCUT2D eigenvalue weighted by atomic mass is 32.2. The van der Waals surface area contributed by atoms with Crippen LogP contribution in [0.3, 0.4) is 0 Å². The van der Waals surface area contributed by atoms with Gasteiger partial charge in [-0.3, -0.25) is 25.3 Å². The zero-order valence-electron chi connectivity index (χ0n) is 18.0. The number of rotatable bonds is 5. The number of thiazole rings is 1. The van der Waals surface area contributed by atoms with E-state index in [4.69, 9.17) is 0 Å². The summed E-state index contributed by atoms with van der Waals surface area (Å²) in [6, 6.07) is 18.0. The molecule has 2 amide bonds. The molecule has 4 rings (SSSR count). The van der Waals surface area contributed by atoms with E-state index in [0.29, 0.717) is 10.6 Å². The summed E-state index contributed by atoms with van der Waals surface area (Å²) < 4.78 is 23.7. The lowest BCUT2D eigenvalue weighted by Gasteiger charge is -2.33. The monoisotopic (exact) mass is 484 g/mol. The van der Waals surface area contributed by atoms with Gasteiger partial charge in [-0.1, -0.05) is 60.7 Å². The molecule has 1 atom stereocenters. The molecule has 0 saturated carbocycles. The maximum atomic E-state index is 13.1. The zero-order valence-corrected chi connectivity index (χ0v) is 19.7. The summed E-state index contributed by atoms with van der Waals surface area (Å²) in [5.41, 5.74) is 7.24. The molecule has 172 valence electrons. The summed E-state index contributed by atoms with van der Waals surface area (Å²) in [6.07, 6.45) is 0. The van der Waals surface area contributed by atoms with Gasteiger partial charge in [0, 0.05) is 18.7 Å². The van der Waals surface area contributed by atoms with E-state index in [-0.39, 0.29) is 24.6 Å². The molecule has 0 spiro atoms. The first-order valence-corrected chi connectivity index (χ1v) is 13.1. The van der Waals surface area contributed by atoms with Gasteiger partial charge in [0.25, 0.3) is 11.8 Å². The van der Waals surface area contributed by atoms with Gasteiger partial charge in [-0.05, 0) is 12.5 Å². The summed E-state index contributed by atoms with van der Waals surface area (Å²) in [5.74, 6) is -0.885. The molecule has 1 fully saturated rings. The van der Waals surface area contributed by atoms with Crippen molar-refractivity contribution in [1.82, 2.24) is 20.7 Å². The van der Waals surface area contributed by atoms with Gasteiger partial charge in [0.15, 0.2) is 9.84 Å². The van der Waals surface area contributed by atoms with E-state index in [0.717, 1.165) is 16.1 Å². The third kappa shape index (κ3) is 5.47. The largest absolute Gasteiger partial charge is 0.286 e. The Labute approximate surface area is 196 Å². The molecule has 0 radical (unpaired) electrons. The number of aryl methyl sites for hydroxylation is 1. The quantitative estimate of drug-likeness (QED) is 0.538. The predicted molar refractivity (Wildman–Crippen MR) is 127 cm³/mol. The van der Waals surface area contributed by atoms with Crippen LogP contribution in [0.2, 0.25) is 0 Å². The van der Waals surface area contributed by atoms with Crippen LogP contribution in [-0.2, 0) is 14.6 Å². The van der Waals surface area contributed by atoms with Crippen molar-refractivity contribution in [3.05, 3.63) is 76.8 Å². The van der Waals surface area contributed by atoms with Crippen molar-refractivity contribution in [2.75, 3.05) is 24.6 Å². The van der Waals surface area contributed by atoms with Gasteiger partial charge >= 0.3 is 0 Å². The number of nitrogens with one attached hydrogen (secondary N) is 2. The number of hydrazine groups is 1. The molecule has 2 N–H and O–H groups in total. The molecule has 1 unspecified atom stereocenters. The van der Waals surface area contributed by atoms with Crippen LogP contribution in [-0.4, -0.2) is 54.7 Å². The highest BCUT2D eigenvalue weighted by Crippen LogP contribution is 2.28. The number of aromatic nitrogens is 1. The molecule has 1 aliphatic rings. The smallest absolute Gasteiger partial charge is 0.281 e. The third-order valence-electron chi connectivity index (χ3n) is 5.43. The second-order valence-corrected chi connectivity index (χ2v) is 11.0. The van der Waals surface area contributed by atoms with Gasteiger partial charge in [-0.25, -0.2) is 13.4 Å². The molecular formula is C23H24N4O4S2. The van der Waals surface area contributed by atoms with Gasteiger partial charge in [0.05, 0.1) is 17.2 Å². The van der Waals surface area contributed by atoms with Crippen LogP contribution in [0.25, 0.3) is 10.6 Å². The summed E-state index contributed by atoms with van der Waals surface area (Å²) in [5, 5.41) is 0.723. The highest BCUT2D eigenvalue weighted by molar-refractivity contribution is 7.91. The minimum absolute atomic E-state index is 0.00169. The third-order valence-corrected chi connectivity index (χ3v) is 8.25. The van der Waals surface area contributed by atoms with Gasteiger partial charge in [0.1, 0.15) is 15.9 Å². The second kappa shape index (κ2) is 9.82. The molecule has 2 heterocycles. The number of hydrogen-bond donors (Lipinski definition) is 2. The molecule has 2 aromatic carbocycles. The fourth-order valence-electron chi connectivity index (χ4n) is 3.70. The van der Waals surface area contributed by atoms with Crippen molar-refractivity contribution < 1.29 is 18.0 Å². The zero-order chi connectivity index (χ0) is 23.4. The molecule has 1 aromatic heterocycles. The maximum absolute atomic E-state index is 13.1. The van der Waals surface area contributed by atoms with Crippen LogP contribution in [0.15, 0.2) is 60.7 Å². The Hall–Kier alpha value is -3.08. The van der Waals surface area contributed by atoms with E-state index in [2.05, 4.69) is 15.8 Å². The van der Waals surface area contributed by atoms with Crippen LogP contribution >= 0.6 is 11.3 Å². The molecule has 0 aliphatic carbocycles. The highest BCUT2D eigenvalue weighted by Gasteiger charge is 2.33. The van der Waals surface area contributed by atoms with Crippen LogP contribution in [0, 0.1) is 6.92 Å². The van der Waals surface area contributed by atoms with Crippen LogP contribution in [0.4, 0.5) is 0 Å². The Bertz CT molecular complexity index is 1230. The fourth-order valence-corrected chi connectivity index (χ4v) is 5.90. The van der Waals surface area contributed by atoms with Crippen molar-refractivity contribution in [2.45, 2.75) is 13.0 Å². The van der Waals surface area contributed by atoms with Crippen molar-refractivity contribution >= 4 is 33.0 Å². The van der Waals surface area contributed by atoms with Crippen molar-refractivity contribution in [3.8, 4) is 10.6 Å². The number of sulfone groups is 1. The second-order valence-electron chi connectivity index (χ2n) is 7.74. The Morgan fingerprint density at radius 3 is 2.21 bits per heavy atom. The fraction of sp³-hybridized carbons (Fsp3) is 0.261. The van der Waals surface area contributed by atoms with Gasteiger partial charge in [0.2, 0.25) is 0 Å². The van der Waals surface area contributed by atoms with Gasteiger partial charge in [-0.15, -0.1) is 11.3 Å². The Morgan fingerprint density at radius 2 is 1.58 bits per heavy atom. The number of benzene rings is 2. The number of nitrogens with zero attached hydrogens (tertiary/aromatic N) is 2. The van der Waals surface area contributed by atoms with E-state index in [1.165, 1.54) is 11.3 Å². The minimum Gasteiger partial charge on any atom is -0.286 e. The van der Waals surface area contributed by atoms with E-state index in [1.54, 1.807) is 6.92 Å². The van der Waals surface area contributed by atoms with Crippen molar-refractivity contribution in [3.63, 3.8) is 0 Å². The standard InChI is InChI=1S/C23H24N4O4S2/c1-16-20(32-23(24-16)18-10-6-3-7-11-18)22(29)26-25-21(28)19(17-8-4-2-5-9-17)27-12-14-33(30,31)15-13-27/h2-11,19H,12-15H2,1H3,(H,25,28)(H,26,29). The first kappa shape index (κ1) is 23.1. The van der Waals surface area contributed by atoms with Crippen molar-refractivity contribution in [1.29, 1.82) is 0 Å². The molecule has 3 aromatic rings. The van der Waals surface area contributed by atoms with E-state index in [1.807, 2.05) is 65.6 Å². The lowest BCUT2D eigenvalue weighted by atomic mass is 10.0. The van der Waals surface area contributed by atoms with Crippen LogP contribution in [0.1, 0.15) is 27.0 Å². The first-order chi connectivity index (χ1) is 15.8. The summed E-state index contributed by atoms with van der Waals surface area (Å²) >= 11 is 1.25. The summed E-state index contributed by atoms with van der Waals surface area (Å²) in [6.45, 7) is 2.25. The minimum atomic E-state index is -3.09. The van der Waals surface area contributed by atoms with Gasteiger partial charge in [-0.2, -0.15) is 0 Å². The number of carbonyl (C=O) groups is 2. The first-order valence-electron chi connectivity index (χ1n) is 10.5. The molecule has 0 bridgehead atoms. The SMILES string of the molecule is Cc1nc(-c2ccccc2)sc1C(=O)NNC(=O)C(c1ccccc1)N1CCS(=O)(=O)CC1. The Kier molecular flexibility index (Phi) is 6.87. The Morgan fingerprint density at radius 1 is 0.970 bits per heavy atom. The molecule has 1 aliphatic heterocycles. The lowest BCUT2D eigenvalue weighted by Crippen LogP contribution is -2.51. The Balaban J connectivity index is 1.47. The number of hydrogen-bond acceptors (Lipinski definition) is 7. The van der Waals surface area contributed by atoms with E-state index >= 15 is 0 Å². The number of carbonyl (C=O) groups excluding carboxylic acids is 2. The molecule has 10 heteroatoms. The predicted octanol–water partition coefficient (Wildman–Crippen LogP) is 2.35. The van der Waals surface area contributed by atoms with Gasteiger partial charge < -0.3 is 0 Å². The summed E-state index contributed by atoms with van der Waals surface area (Å²) in [4.78, 5) is 32.6. The van der Waals surface area contributed by atoms with E-state index in [9.17, 15) is 18.0 Å². The molecular weight excluding hydrogens is 460 g/mol. The van der Waals surface area contributed by atoms with E-state index < -0.39 is 27.7 Å². The molecule has 33 heavy (non-hydrogen) atoms. The van der Waals surface area contributed by atoms with Crippen LogP contribution in [0.5, 0.6) is 0 Å². The van der Waals surface area contributed by atoms with Crippen molar-refractivity contribution in [2.24, 2.45) is 0 Å². The number of amides is 2. The average molecular weight is 485 g/mol. The normalized spacial score (nSPS) is 16.6. The lowest BCUT2D eigenvalue weighted by molar-refractivity contribution is -0.127. The average Bonchev–Trinajstić information content (AvgIpc) is 3.22. The van der Waals surface area contributed by atoms with Crippen LogP contribution < -0.4 is 10.9 Å². The summed E-state index contributed by atoms with van der Waals surface area (Å²) in [7, 11) is -3.09. The molecule has 1 saturated heterocycles. The maximum Gasteiger partial charge on any atom is 0.281 e. The molecule has 8 nitrogen and oxygen atoms in total. The topological polar surface area (TPSA) is 108 Å².